The molecule has 10 heteroatoms. The van der Waals surface area contributed by atoms with Crippen LogP contribution in [-0.2, 0) is 26.2 Å². The summed E-state index contributed by atoms with van der Waals surface area (Å²) >= 11 is 9.58. The lowest BCUT2D eigenvalue weighted by molar-refractivity contribution is -0.140. The summed E-state index contributed by atoms with van der Waals surface area (Å²) < 4.78 is 29.4. The van der Waals surface area contributed by atoms with Crippen LogP contribution in [-0.4, -0.2) is 43.3 Å². The van der Waals surface area contributed by atoms with E-state index in [2.05, 4.69) is 21.2 Å². The van der Waals surface area contributed by atoms with Crippen LogP contribution in [0.2, 0.25) is 5.02 Å². The standard InChI is InChI=1S/C29H33BrClN3O4S/c1-20-12-14-26(15-13-20)39(37,38)34(25-11-7-9-23(30)17-25)19-27(35)33(18-22-8-6-10-24(31)16-22)21(2)28(36)32-29(3,4)5/h6-17,21H,18-19H2,1-5H3,(H,32,36)/t21-/m0/s1. The summed E-state index contributed by atoms with van der Waals surface area (Å²) in [6.07, 6.45) is 0. The number of rotatable bonds is 9. The fraction of sp³-hybridized carbons (Fsp3) is 0.310. The molecule has 0 unspecified atom stereocenters. The molecule has 0 fully saturated rings. The van der Waals surface area contributed by atoms with Gasteiger partial charge < -0.3 is 10.2 Å². The smallest absolute Gasteiger partial charge is 0.264 e. The van der Waals surface area contributed by atoms with Crippen molar-refractivity contribution >= 4 is 55.1 Å². The van der Waals surface area contributed by atoms with Gasteiger partial charge in [-0.25, -0.2) is 8.42 Å². The molecule has 0 aromatic heterocycles. The number of sulfonamides is 1. The molecule has 0 aliphatic carbocycles. The van der Waals surface area contributed by atoms with Gasteiger partial charge in [-0.3, -0.25) is 13.9 Å². The Bertz CT molecular complexity index is 1440. The molecule has 0 bridgehead atoms. The highest BCUT2D eigenvalue weighted by Gasteiger charge is 2.33. The highest BCUT2D eigenvalue weighted by Crippen LogP contribution is 2.27. The van der Waals surface area contributed by atoms with Crippen molar-refractivity contribution in [3.63, 3.8) is 0 Å². The number of nitrogens with zero attached hydrogens (tertiary/aromatic N) is 2. The average molecular weight is 635 g/mol. The van der Waals surface area contributed by atoms with E-state index in [9.17, 15) is 18.0 Å². The van der Waals surface area contributed by atoms with Gasteiger partial charge in [0, 0.05) is 21.6 Å². The summed E-state index contributed by atoms with van der Waals surface area (Å²) in [6, 6.07) is 19.3. The minimum absolute atomic E-state index is 0.0563. The van der Waals surface area contributed by atoms with Gasteiger partial charge in [-0.15, -0.1) is 0 Å². The molecule has 3 rings (SSSR count). The van der Waals surface area contributed by atoms with Crippen LogP contribution in [0.1, 0.15) is 38.8 Å². The summed E-state index contributed by atoms with van der Waals surface area (Å²) in [5, 5.41) is 3.40. The third-order valence-electron chi connectivity index (χ3n) is 5.89. The van der Waals surface area contributed by atoms with Crippen molar-refractivity contribution in [1.29, 1.82) is 0 Å². The van der Waals surface area contributed by atoms with Gasteiger partial charge in [0.05, 0.1) is 10.6 Å². The van der Waals surface area contributed by atoms with E-state index in [0.717, 1.165) is 9.87 Å². The molecule has 2 amide bonds. The van der Waals surface area contributed by atoms with Gasteiger partial charge in [0.15, 0.2) is 0 Å². The maximum Gasteiger partial charge on any atom is 0.264 e. The van der Waals surface area contributed by atoms with Crippen LogP contribution in [0.3, 0.4) is 0 Å². The second kappa shape index (κ2) is 12.5. The number of hydrogen-bond acceptors (Lipinski definition) is 4. The van der Waals surface area contributed by atoms with Gasteiger partial charge in [-0.1, -0.05) is 63.4 Å². The zero-order valence-electron chi connectivity index (χ0n) is 22.6. The molecule has 0 saturated carbocycles. The lowest BCUT2D eigenvalue weighted by atomic mass is 10.1. The van der Waals surface area contributed by atoms with Crippen LogP contribution in [0.5, 0.6) is 0 Å². The molecule has 7 nitrogen and oxygen atoms in total. The Morgan fingerprint density at radius 2 is 1.64 bits per heavy atom. The number of nitrogens with one attached hydrogen (secondary N) is 1. The van der Waals surface area contributed by atoms with Gasteiger partial charge >= 0.3 is 0 Å². The van der Waals surface area contributed by atoms with Crippen molar-refractivity contribution < 1.29 is 18.0 Å². The molecule has 0 aliphatic rings. The van der Waals surface area contributed by atoms with Gasteiger partial charge in [-0.05, 0) is 82.6 Å². The van der Waals surface area contributed by atoms with Crippen LogP contribution < -0.4 is 9.62 Å². The normalized spacial score (nSPS) is 12.5. The fourth-order valence-electron chi connectivity index (χ4n) is 3.89. The Morgan fingerprint density at radius 1 is 1.00 bits per heavy atom. The minimum Gasteiger partial charge on any atom is -0.350 e. The summed E-state index contributed by atoms with van der Waals surface area (Å²) in [4.78, 5) is 28.5. The van der Waals surface area contributed by atoms with Crippen LogP contribution in [0.25, 0.3) is 0 Å². The maximum atomic E-state index is 13.9. The number of aryl methyl sites for hydroxylation is 1. The molecular weight excluding hydrogens is 602 g/mol. The zero-order chi connectivity index (χ0) is 29.0. The Hall–Kier alpha value is -2.88. The molecule has 208 valence electrons. The number of carbonyl (C=O) groups excluding carboxylic acids is 2. The van der Waals surface area contributed by atoms with Crippen LogP contribution in [0, 0.1) is 6.92 Å². The van der Waals surface area contributed by atoms with E-state index < -0.39 is 34.1 Å². The van der Waals surface area contributed by atoms with E-state index in [-0.39, 0.29) is 17.3 Å². The van der Waals surface area contributed by atoms with E-state index >= 15 is 0 Å². The second-order valence-electron chi connectivity index (χ2n) is 10.4. The van der Waals surface area contributed by atoms with Crippen LogP contribution in [0.15, 0.2) is 82.2 Å². The molecule has 3 aromatic rings. The number of amides is 2. The van der Waals surface area contributed by atoms with E-state index in [0.29, 0.717) is 20.7 Å². The highest BCUT2D eigenvalue weighted by atomic mass is 79.9. The van der Waals surface area contributed by atoms with Crippen molar-refractivity contribution in [3.8, 4) is 0 Å². The van der Waals surface area contributed by atoms with Gasteiger partial charge in [0.2, 0.25) is 11.8 Å². The summed E-state index contributed by atoms with van der Waals surface area (Å²) in [5.41, 5.74) is 1.41. The lowest BCUT2D eigenvalue weighted by Gasteiger charge is -2.33. The Kier molecular flexibility index (Phi) is 9.85. The summed E-state index contributed by atoms with van der Waals surface area (Å²) in [6.45, 7) is 8.60. The Morgan fingerprint density at radius 3 is 2.23 bits per heavy atom. The molecule has 0 radical (unpaired) electrons. The molecule has 1 N–H and O–H groups in total. The first kappa shape index (κ1) is 30.7. The van der Waals surface area contributed by atoms with E-state index in [4.69, 9.17) is 11.6 Å². The predicted octanol–water partition coefficient (Wildman–Crippen LogP) is 5.94. The second-order valence-corrected chi connectivity index (χ2v) is 13.6. The third kappa shape index (κ3) is 8.30. The topological polar surface area (TPSA) is 86.8 Å². The number of hydrogen-bond donors (Lipinski definition) is 1. The van der Waals surface area contributed by atoms with E-state index in [1.807, 2.05) is 27.7 Å². The van der Waals surface area contributed by atoms with Crippen molar-refractivity contribution in [2.24, 2.45) is 0 Å². The first-order valence-corrected chi connectivity index (χ1v) is 15.0. The first-order chi connectivity index (χ1) is 18.2. The Balaban J connectivity index is 2.04. The first-order valence-electron chi connectivity index (χ1n) is 12.4. The summed E-state index contributed by atoms with van der Waals surface area (Å²) in [5.74, 6) is -0.893. The van der Waals surface area contributed by atoms with Crippen molar-refractivity contribution in [1.82, 2.24) is 10.2 Å². The Labute approximate surface area is 244 Å². The van der Waals surface area contributed by atoms with Gasteiger partial charge in [0.1, 0.15) is 12.6 Å². The molecule has 39 heavy (non-hydrogen) atoms. The molecule has 0 heterocycles. The number of benzene rings is 3. The molecule has 0 spiro atoms. The summed E-state index contributed by atoms with van der Waals surface area (Å²) in [7, 11) is -4.13. The molecule has 0 aliphatic heterocycles. The zero-order valence-corrected chi connectivity index (χ0v) is 25.8. The van der Waals surface area contributed by atoms with E-state index in [1.165, 1.54) is 17.0 Å². The molecule has 1 atom stereocenters. The largest absolute Gasteiger partial charge is 0.350 e. The minimum atomic E-state index is -4.13. The SMILES string of the molecule is Cc1ccc(S(=O)(=O)N(CC(=O)N(Cc2cccc(Cl)c2)[C@@H](C)C(=O)NC(C)(C)C)c2cccc(Br)c2)cc1. The maximum absolute atomic E-state index is 13.9. The monoisotopic (exact) mass is 633 g/mol. The number of carbonyl (C=O) groups is 2. The van der Waals surface area contributed by atoms with Crippen LogP contribution in [0.4, 0.5) is 5.69 Å². The molecule has 3 aromatic carbocycles. The van der Waals surface area contributed by atoms with Crippen molar-refractivity contribution in [2.45, 2.75) is 57.6 Å². The van der Waals surface area contributed by atoms with Crippen molar-refractivity contribution in [2.75, 3.05) is 10.8 Å². The average Bonchev–Trinajstić information content (AvgIpc) is 2.84. The van der Waals surface area contributed by atoms with Crippen molar-refractivity contribution in [3.05, 3.63) is 93.4 Å². The fourth-order valence-corrected chi connectivity index (χ4v) is 5.89. The quantitative estimate of drug-likeness (QED) is 0.316. The van der Waals surface area contributed by atoms with Gasteiger partial charge in [0.25, 0.3) is 10.0 Å². The number of anilines is 1. The van der Waals surface area contributed by atoms with E-state index in [1.54, 1.807) is 67.6 Å². The third-order valence-corrected chi connectivity index (χ3v) is 8.41. The van der Waals surface area contributed by atoms with Gasteiger partial charge in [-0.2, -0.15) is 0 Å². The predicted molar refractivity (Wildman–Crippen MR) is 159 cm³/mol. The number of halogens is 2. The highest BCUT2D eigenvalue weighted by molar-refractivity contribution is 9.10. The lowest BCUT2D eigenvalue weighted by Crippen LogP contribution is -2.54. The molecular formula is C29H33BrClN3O4S. The molecule has 0 saturated heterocycles. The van der Waals surface area contributed by atoms with Crippen LogP contribution >= 0.6 is 27.5 Å².